The third-order valence-electron chi connectivity index (χ3n) is 4.64. The molecule has 0 bridgehead atoms. The first-order valence-corrected chi connectivity index (χ1v) is 10.7. The fourth-order valence-corrected chi connectivity index (χ4v) is 5.97. The molecule has 1 aliphatic rings. The first kappa shape index (κ1) is 17.2. The van der Waals surface area contributed by atoms with E-state index in [4.69, 9.17) is 10.2 Å². The highest BCUT2D eigenvalue weighted by atomic mass is 32.2. The van der Waals surface area contributed by atoms with Gasteiger partial charge < -0.3 is 0 Å². The van der Waals surface area contributed by atoms with Gasteiger partial charge in [0.15, 0.2) is 0 Å². The number of aromatic nitrogens is 1. The van der Waals surface area contributed by atoms with Gasteiger partial charge in [0.2, 0.25) is 10.0 Å². The van der Waals surface area contributed by atoms with E-state index >= 15 is 0 Å². The second kappa shape index (κ2) is 6.80. The molecule has 3 aromatic rings. The molecule has 132 valence electrons. The standard InChI is InChI=1S/C19H17N3O2S2/c20-12-14-5-3-7-16(11-14)26(23,24)22-10-4-6-15(13-22)19-21-17-8-1-2-9-18(17)25-19/h1-3,5,7-9,11,15H,4,6,10,13H2. The molecule has 0 N–H and O–H groups in total. The number of para-hydroxylation sites is 1. The van der Waals surface area contributed by atoms with Gasteiger partial charge >= 0.3 is 0 Å². The lowest BCUT2D eigenvalue weighted by molar-refractivity contribution is 0.315. The summed E-state index contributed by atoms with van der Waals surface area (Å²) >= 11 is 1.64. The fourth-order valence-electron chi connectivity index (χ4n) is 3.30. The molecule has 2 aromatic carbocycles. The minimum Gasteiger partial charge on any atom is -0.241 e. The quantitative estimate of drug-likeness (QED) is 0.691. The number of rotatable bonds is 3. The summed E-state index contributed by atoms with van der Waals surface area (Å²) in [5.41, 5.74) is 1.32. The molecule has 0 amide bonds. The topological polar surface area (TPSA) is 74.1 Å². The van der Waals surface area contributed by atoms with E-state index in [0.717, 1.165) is 28.1 Å². The number of sulfonamides is 1. The summed E-state index contributed by atoms with van der Waals surface area (Å²) in [6, 6.07) is 16.2. The number of nitriles is 1. The first-order valence-electron chi connectivity index (χ1n) is 8.44. The molecule has 4 rings (SSSR count). The van der Waals surface area contributed by atoms with Crippen LogP contribution in [0, 0.1) is 11.3 Å². The van der Waals surface area contributed by atoms with Gasteiger partial charge in [-0.2, -0.15) is 9.57 Å². The molecule has 26 heavy (non-hydrogen) atoms. The van der Waals surface area contributed by atoms with Crippen molar-refractivity contribution in [1.82, 2.24) is 9.29 Å². The predicted molar refractivity (Wildman–Crippen MR) is 102 cm³/mol. The largest absolute Gasteiger partial charge is 0.243 e. The van der Waals surface area contributed by atoms with Crippen LogP contribution in [0.1, 0.15) is 29.3 Å². The molecule has 1 saturated heterocycles. The number of thiazole rings is 1. The fraction of sp³-hybridized carbons (Fsp3) is 0.263. The summed E-state index contributed by atoms with van der Waals surface area (Å²) in [5, 5.41) is 10.0. The summed E-state index contributed by atoms with van der Waals surface area (Å²) in [7, 11) is -3.61. The highest BCUT2D eigenvalue weighted by Gasteiger charge is 2.32. The number of hydrogen-bond donors (Lipinski definition) is 0. The highest BCUT2D eigenvalue weighted by molar-refractivity contribution is 7.89. The van der Waals surface area contributed by atoms with Crippen molar-refractivity contribution < 1.29 is 8.42 Å². The monoisotopic (exact) mass is 383 g/mol. The molecule has 0 saturated carbocycles. The van der Waals surface area contributed by atoms with Gasteiger partial charge in [-0.25, -0.2) is 13.4 Å². The molecule has 2 heterocycles. The van der Waals surface area contributed by atoms with Gasteiger partial charge in [-0.15, -0.1) is 11.3 Å². The van der Waals surface area contributed by atoms with E-state index in [1.54, 1.807) is 29.5 Å². The number of hydrogen-bond acceptors (Lipinski definition) is 5. The third-order valence-corrected chi connectivity index (χ3v) is 7.70. The minimum absolute atomic E-state index is 0.107. The summed E-state index contributed by atoms with van der Waals surface area (Å²) in [4.78, 5) is 4.89. The zero-order chi connectivity index (χ0) is 18.1. The molecule has 7 heteroatoms. The van der Waals surface area contributed by atoms with E-state index in [0.29, 0.717) is 18.7 Å². The SMILES string of the molecule is N#Cc1cccc(S(=O)(=O)N2CCCC(c3nc4ccccc4s3)C2)c1. The van der Waals surface area contributed by atoms with E-state index in [1.165, 1.54) is 10.4 Å². The second-order valence-electron chi connectivity index (χ2n) is 6.36. The zero-order valence-corrected chi connectivity index (χ0v) is 15.6. The molecule has 1 aromatic heterocycles. The predicted octanol–water partition coefficient (Wildman–Crippen LogP) is 3.74. The summed E-state index contributed by atoms with van der Waals surface area (Å²) in [6.45, 7) is 0.930. The van der Waals surface area contributed by atoms with Crippen LogP contribution in [0.15, 0.2) is 53.4 Å². The Morgan fingerprint density at radius 1 is 1.19 bits per heavy atom. The molecule has 1 aliphatic heterocycles. The van der Waals surface area contributed by atoms with E-state index in [2.05, 4.69) is 0 Å². The van der Waals surface area contributed by atoms with Crippen molar-refractivity contribution in [3.63, 3.8) is 0 Å². The third kappa shape index (κ3) is 3.12. The Morgan fingerprint density at radius 2 is 2.04 bits per heavy atom. The van der Waals surface area contributed by atoms with Crippen molar-refractivity contribution in [3.05, 3.63) is 59.1 Å². The molecule has 1 atom stereocenters. The van der Waals surface area contributed by atoms with Gasteiger partial charge in [0, 0.05) is 19.0 Å². The maximum Gasteiger partial charge on any atom is 0.243 e. The molecular formula is C19H17N3O2S2. The van der Waals surface area contributed by atoms with Crippen LogP contribution >= 0.6 is 11.3 Å². The van der Waals surface area contributed by atoms with Crippen molar-refractivity contribution in [2.24, 2.45) is 0 Å². The molecule has 0 radical (unpaired) electrons. The molecule has 0 spiro atoms. The van der Waals surface area contributed by atoms with Gasteiger partial charge in [0.05, 0.1) is 31.8 Å². The molecule has 1 fully saturated rings. The Kier molecular flexibility index (Phi) is 4.49. The van der Waals surface area contributed by atoms with E-state index < -0.39 is 10.0 Å². The summed E-state index contributed by atoms with van der Waals surface area (Å²) in [6.07, 6.45) is 1.74. The van der Waals surface area contributed by atoms with Crippen LogP contribution in [0.25, 0.3) is 10.2 Å². The molecule has 1 unspecified atom stereocenters. The molecule has 0 aliphatic carbocycles. The Balaban J connectivity index is 1.62. The maximum absolute atomic E-state index is 13.0. The summed E-state index contributed by atoms with van der Waals surface area (Å²) in [5.74, 6) is 0.107. The zero-order valence-electron chi connectivity index (χ0n) is 14.0. The smallest absolute Gasteiger partial charge is 0.241 e. The van der Waals surface area contributed by atoms with E-state index in [-0.39, 0.29) is 10.8 Å². The number of nitrogens with zero attached hydrogens (tertiary/aromatic N) is 3. The van der Waals surface area contributed by atoms with Gasteiger partial charge in [-0.05, 0) is 43.2 Å². The van der Waals surface area contributed by atoms with Crippen LogP contribution in [-0.4, -0.2) is 30.8 Å². The molecule has 5 nitrogen and oxygen atoms in total. The average Bonchev–Trinajstić information content (AvgIpc) is 3.12. The van der Waals surface area contributed by atoms with Crippen molar-refractivity contribution in [1.29, 1.82) is 5.26 Å². The minimum atomic E-state index is -3.61. The van der Waals surface area contributed by atoms with Crippen molar-refractivity contribution in [2.45, 2.75) is 23.7 Å². The second-order valence-corrected chi connectivity index (χ2v) is 9.36. The van der Waals surface area contributed by atoms with Crippen LogP contribution < -0.4 is 0 Å². The lowest BCUT2D eigenvalue weighted by Gasteiger charge is -2.31. The Morgan fingerprint density at radius 3 is 2.85 bits per heavy atom. The normalized spacial score (nSPS) is 18.7. The maximum atomic E-state index is 13.0. The average molecular weight is 383 g/mol. The van der Waals surface area contributed by atoms with Crippen molar-refractivity contribution >= 4 is 31.6 Å². The van der Waals surface area contributed by atoms with Gasteiger partial charge in [0.1, 0.15) is 0 Å². The van der Waals surface area contributed by atoms with Crippen LogP contribution in [0.2, 0.25) is 0 Å². The lowest BCUT2D eigenvalue weighted by Crippen LogP contribution is -2.39. The van der Waals surface area contributed by atoms with Crippen molar-refractivity contribution in [3.8, 4) is 6.07 Å². The number of fused-ring (bicyclic) bond motifs is 1. The summed E-state index contributed by atoms with van der Waals surface area (Å²) < 4.78 is 28.7. The van der Waals surface area contributed by atoms with E-state index in [9.17, 15) is 8.42 Å². The Hall–Kier alpha value is -2.27. The van der Waals surface area contributed by atoms with Crippen LogP contribution in [0.4, 0.5) is 0 Å². The Bertz CT molecular complexity index is 1070. The van der Waals surface area contributed by atoms with E-state index in [1.807, 2.05) is 30.3 Å². The highest BCUT2D eigenvalue weighted by Crippen LogP contribution is 2.34. The van der Waals surface area contributed by atoms with Crippen molar-refractivity contribution in [2.75, 3.05) is 13.1 Å². The van der Waals surface area contributed by atoms with Crippen LogP contribution in [-0.2, 0) is 10.0 Å². The molecular weight excluding hydrogens is 366 g/mol. The van der Waals surface area contributed by atoms with Crippen LogP contribution in [0.3, 0.4) is 0 Å². The Labute approximate surface area is 156 Å². The van der Waals surface area contributed by atoms with Gasteiger partial charge in [-0.3, -0.25) is 0 Å². The van der Waals surface area contributed by atoms with Gasteiger partial charge in [-0.1, -0.05) is 18.2 Å². The van der Waals surface area contributed by atoms with Gasteiger partial charge in [0.25, 0.3) is 0 Å². The number of benzene rings is 2. The first-order chi connectivity index (χ1) is 12.6. The number of piperidine rings is 1. The lowest BCUT2D eigenvalue weighted by atomic mass is 10.0. The van der Waals surface area contributed by atoms with Crippen LogP contribution in [0.5, 0.6) is 0 Å².